The molecular formula is C16H12ClF2N3O. The predicted octanol–water partition coefficient (Wildman–Crippen LogP) is 4.10. The molecule has 0 amide bonds. The molecule has 3 rings (SSSR count). The van der Waals surface area contributed by atoms with E-state index in [0.29, 0.717) is 22.6 Å². The van der Waals surface area contributed by atoms with Crippen LogP contribution < -0.4 is 5.73 Å². The number of nitrogens with zero attached hydrogens (tertiary/aromatic N) is 2. The van der Waals surface area contributed by atoms with Crippen molar-refractivity contribution in [2.75, 3.05) is 0 Å². The monoisotopic (exact) mass is 335 g/mol. The quantitative estimate of drug-likeness (QED) is 0.782. The Labute approximate surface area is 135 Å². The van der Waals surface area contributed by atoms with Gasteiger partial charge < -0.3 is 10.3 Å². The molecular weight excluding hydrogens is 324 g/mol. The number of halogens is 3. The minimum absolute atomic E-state index is 0.0763. The zero-order chi connectivity index (χ0) is 16.6. The summed E-state index contributed by atoms with van der Waals surface area (Å²) in [5.41, 5.74) is 6.75. The Morgan fingerprint density at radius 3 is 2.57 bits per heavy atom. The van der Waals surface area contributed by atoms with Crippen LogP contribution in [-0.4, -0.2) is 10.1 Å². The summed E-state index contributed by atoms with van der Waals surface area (Å²) in [6.45, 7) is 1.67. The summed E-state index contributed by atoms with van der Waals surface area (Å²) in [5, 5.41) is 3.92. The van der Waals surface area contributed by atoms with Gasteiger partial charge in [-0.1, -0.05) is 28.9 Å². The van der Waals surface area contributed by atoms with Crippen molar-refractivity contribution >= 4 is 11.6 Å². The van der Waals surface area contributed by atoms with Gasteiger partial charge in [-0.05, 0) is 29.3 Å². The number of hydrogen-bond acceptors (Lipinski definition) is 4. The van der Waals surface area contributed by atoms with Crippen LogP contribution in [0, 0.1) is 18.6 Å². The van der Waals surface area contributed by atoms with Gasteiger partial charge in [-0.2, -0.15) is 4.98 Å². The van der Waals surface area contributed by atoms with Crippen LogP contribution in [0.3, 0.4) is 0 Å². The Morgan fingerprint density at radius 1 is 1.17 bits per heavy atom. The highest BCUT2D eigenvalue weighted by Crippen LogP contribution is 2.36. The van der Waals surface area contributed by atoms with E-state index in [1.54, 1.807) is 19.1 Å². The molecule has 0 aliphatic heterocycles. The van der Waals surface area contributed by atoms with Crippen molar-refractivity contribution in [3.63, 3.8) is 0 Å². The van der Waals surface area contributed by atoms with Crippen molar-refractivity contribution in [3.05, 3.63) is 58.4 Å². The van der Waals surface area contributed by atoms with E-state index < -0.39 is 11.6 Å². The summed E-state index contributed by atoms with van der Waals surface area (Å²) in [5.74, 6) is -0.711. The summed E-state index contributed by atoms with van der Waals surface area (Å²) >= 11 is 5.95. The van der Waals surface area contributed by atoms with Gasteiger partial charge in [0, 0.05) is 24.1 Å². The molecule has 0 spiro atoms. The molecule has 23 heavy (non-hydrogen) atoms. The van der Waals surface area contributed by atoms with Gasteiger partial charge in [0.25, 0.3) is 0 Å². The van der Waals surface area contributed by atoms with Crippen LogP contribution in [0.15, 0.2) is 34.9 Å². The molecule has 0 aliphatic carbocycles. The van der Waals surface area contributed by atoms with Crippen molar-refractivity contribution in [2.45, 2.75) is 13.5 Å². The zero-order valence-corrected chi connectivity index (χ0v) is 12.9. The minimum atomic E-state index is -0.614. The smallest absolute Gasteiger partial charge is 0.223 e. The fourth-order valence-corrected chi connectivity index (χ4v) is 2.51. The van der Waals surface area contributed by atoms with E-state index in [1.165, 1.54) is 12.1 Å². The van der Waals surface area contributed by atoms with Gasteiger partial charge in [0.05, 0.1) is 5.56 Å². The van der Waals surface area contributed by atoms with E-state index >= 15 is 0 Å². The van der Waals surface area contributed by atoms with Crippen molar-refractivity contribution in [1.29, 1.82) is 0 Å². The molecule has 3 aromatic rings. The van der Waals surface area contributed by atoms with Crippen molar-refractivity contribution in [1.82, 2.24) is 10.1 Å². The van der Waals surface area contributed by atoms with Gasteiger partial charge in [0.2, 0.25) is 11.7 Å². The lowest BCUT2D eigenvalue weighted by Gasteiger charge is -2.10. The van der Waals surface area contributed by atoms with Crippen LogP contribution in [0.4, 0.5) is 8.78 Å². The van der Waals surface area contributed by atoms with Crippen molar-refractivity contribution < 1.29 is 13.3 Å². The number of rotatable bonds is 3. The van der Waals surface area contributed by atoms with Crippen LogP contribution in [0.2, 0.25) is 5.02 Å². The third kappa shape index (κ3) is 2.95. The van der Waals surface area contributed by atoms with Gasteiger partial charge in [-0.15, -0.1) is 0 Å². The average molecular weight is 336 g/mol. The molecule has 0 aliphatic rings. The van der Waals surface area contributed by atoms with Gasteiger partial charge in [-0.25, -0.2) is 8.78 Å². The molecule has 2 N–H and O–H groups in total. The number of benzene rings is 2. The second-order valence-electron chi connectivity index (χ2n) is 4.96. The fourth-order valence-electron chi connectivity index (χ4n) is 2.31. The summed E-state index contributed by atoms with van der Waals surface area (Å²) in [6, 6.07) is 7.16. The predicted molar refractivity (Wildman–Crippen MR) is 82.7 cm³/mol. The maximum Gasteiger partial charge on any atom is 0.223 e. The van der Waals surface area contributed by atoms with Crippen LogP contribution >= 0.6 is 11.6 Å². The number of aromatic nitrogens is 2. The maximum atomic E-state index is 14.4. The first-order chi connectivity index (χ1) is 11.0. The Bertz CT molecular complexity index is 880. The lowest BCUT2D eigenvalue weighted by atomic mass is 9.97. The van der Waals surface area contributed by atoms with E-state index in [0.717, 1.165) is 6.07 Å². The van der Waals surface area contributed by atoms with Gasteiger partial charge in [0.15, 0.2) is 0 Å². The third-order valence-corrected chi connectivity index (χ3v) is 3.61. The SMILES string of the molecule is Cc1nc(-c2c(F)cc(Cl)cc2-c2ccc(CN)c(F)c2)no1. The fraction of sp³-hybridized carbons (Fsp3) is 0.125. The molecule has 4 nitrogen and oxygen atoms in total. The van der Waals surface area contributed by atoms with Gasteiger partial charge >= 0.3 is 0 Å². The van der Waals surface area contributed by atoms with E-state index in [1.807, 2.05) is 0 Å². The first-order valence-electron chi connectivity index (χ1n) is 6.78. The maximum absolute atomic E-state index is 14.4. The second kappa shape index (κ2) is 6.06. The topological polar surface area (TPSA) is 64.9 Å². The lowest BCUT2D eigenvalue weighted by molar-refractivity contribution is 0.394. The molecule has 0 bridgehead atoms. The van der Waals surface area contributed by atoms with Crippen LogP contribution in [0.25, 0.3) is 22.5 Å². The summed E-state index contributed by atoms with van der Waals surface area (Å²) in [7, 11) is 0. The molecule has 0 saturated carbocycles. The Hall–Kier alpha value is -2.31. The van der Waals surface area contributed by atoms with Gasteiger partial charge in [-0.3, -0.25) is 0 Å². The summed E-state index contributed by atoms with van der Waals surface area (Å²) in [4.78, 5) is 4.04. The number of aryl methyl sites for hydroxylation is 1. The van der Waals surface area contributed by atoms with E-state index in [-0.39, 0.29) is 23.0 Å². The Kier molecular flexibility index (Phi) is 4.11. The molecule has 1 aromatic heterocycles. The molecule has 0 saturated heterocycles. The molecule has 0 fully saturated rings. The molecule has 0 unspecified atom stereocenters. The molecule has 2 aromatic carbocycles. The second-order valence-corrected chi connectivity index (χ2v) is 5.39. The molecule has 0 atom stereocenters. The zero-order valence-electron chi connectivity index (χ0n) is 12.1. The highest BCUT2D eigenvalue weighted by atomic mass is 35.5. The largest absolute Gasteiger partial charge is 0.339 e. The first kappa shape index (κ1) is 15.6. The lowest BCUT2D eigenvalue weighted by Crippen LogP contribution is -2.00. The normalized spacial score (nSPS) is 11.0. The molecule has 0 radical (unpaired) electrons. The van der Waals surface area contributed by atoms with Crippen LogP contribution in [0.1, 0.15) is 11.5 Å². The molecule has 118 valence electrons. The van der Waals surface area contributed by atoms with E-state index in [4.69, 9.17) is 21.9 Å². The van der Waals surface area contributed by atoms with Crippen molar-refractivity contribution in [3.8, 4) is 22.5 Å². The molecule has 1 heterocycles. The first-order valence-corrected chi connectivity index (χ1v) is 7.16. The van der Waals surface area contributed by atoms with Crippen LogP contribution in [-0.2, 0) is 6.54 Å². The third-order valence-electron chi connectivity index (χ3n) is 3.39. The highest BCUT2D eigenvalue weighted by molar-refractivity contribution is 6.31. The Balaban J connectivity index is 2.24. The summed E-state index contributed by atoms with van der Waals surface area (Å²) in [6.07, 6.45) is 0. The minimum Gasteiger partial charge on any atom is -0.339 e. The van der Waals surface area contributed by atoms with Crippen LogP contribution in [0.5, 0.6) is 0 Å². The Morgan fingerprint density at radius 2 is 1.96 bits per heavy atom. The van der Waals surface area contributed by atoms with E-state index in [9.17, 15) is 8.78 Å². The van der Waals surface area contributed by atoms with Crippen molar-refractivity contribution in [2.24, 2.45) is 5.73 Å². The average Bonchev–Trinajstić information content (AvgIpc) is 2.92. The number of hydrogen-bond donors (Lipinski definition) is 1. The summed E-state index contributed by atoms with van der Waals surface area (Å²) < 4.78 is 33.3. The number of nitrogens with two attached hydrogens (primary N) is 1. The van der Waals surface area contributed by atoms with Gasteiger partial charge in [0.1, 0.15) is 11.6 Å². The molecule has 7 heteroatoms. The highest BCUT2D eigenvalue weighted by Gasteiger charge is 2.19. The standard InChI is InChI=1S/C16H12ClF2N3O/c1-8-21-16(22-23-8)15-12(5-11(17)6-14(15)19)9-2-3-10(7-20)13(18)4-9/h2-6H,7,20H2,1H3. The van der Waals surface area contributed by atoms with E-state index in [2.05, 4.69) is 10.1 Å².